The van der Waals surface area contributed by atoms with Gasteiger partial charge in [-0.05, 0) is 52.9 Å². The van der Waals surface area contributed by atoms with Crippen molar-refractivity contribution < 1.29 is 23.7 Å². The van der Waals surface area contributed by atoms with Gasteiger partial charge >= 0.3 is 5.82 Å². The maximum Gasteiger partial charge on any atom is 0.365 e. The molecule has 1 aliphatic rings. The standard InChI is InChI=1S/C26H31FN6O5/c1-2-24(34)28-13-6-5-10-21(29-25(35)18-19-8-3-4-9-20(19)27)26(36)32-16-14-31(15-17-32)22-11-7-12-23(30-22)33(37)38/h2-4,7-9,11-12,21H,1,5-6,10,13-18H2,(H,28,34)(H,29,35)/t21-/m0/s1. The number of rotatable bonds is 12. The molecule has 1 aromatic heterocycles. The third-order valence-corrected chi connectivity index (χ3v) is 6.17. The van der Waals surface area contributed by atoms with Crippen molar-refractivity contribution in [1.29, 1.82) is 0 Å². The molecular weight excluding hydrogens is 495 g/mol. The van der Waals surface area contributed by atoms with Crippen LogP contribution in [0.2, 0.25) is 0 Å². The fourth-order valence-corrected chi connectivity index (χ4v) is 4.14. The zero-order valence-electron chi connectivity index (χ0n) is 21.0. The van der Waals surface area contributed by atoms with Gasteiger partial charge in [0, 0.05) is 44.9 Å². The largest absolute Gasteiger partial charge is 0.365 e. The minimum Gasteiger partial charge on any atom is -0.358 e. The van der Waals surface area contributed by atoms with Crippen LogP contribution in [0.1, 0.15) is 24.8 Å². The lowest BCUT2D eigenvalue weighted by Crippen LogP contribution is -2.55. The number of nitro groups is 1. The SMILES string of the molecule is C=CC(=O)NCCCC[C@H](NC(=O)Cc1ccccc1F)C(=O)N1CCN(c2cccc([N+](=O)[O-])n2)CC1. The summed E-state index contributed by atoms with van der Waals surface area (Å²) in [5.41, 5.74) is 0.237. The van der Waals surface area contributed by atoms with Crippen LogP contribution in [0.3, 0.4) is 0 Å². The molecule has 0 spiro atoms. The third kappa shape index (κ3) is 8.08. The summed E-state index contributed by atoms with van der Waals surface area (Å²) in [4.78, 5) is 55.5. The molecule has 0 radical (unpaired) electrons. The Labute approximate surface area is 219 Å². The molecule has 1 fully saturated rings. The van der Waals surface area contributed by atoms with Gasteiger partial charge in [0.05, 0.1) is 6.42 Å². The fraction of sp³-hybridized carbons (Fsp3) is 0.385. The van der Waals surface area contributed by atoms with Gasteiger partial charge < -0.3 is 30.5 Å². The topological polar surface area (TPSA) is 138 Å². The van der Waals surface area contributed by atoms with Gasteiger partial charge in [0.2, 0.25) is 23.5 Å². The van der Waals surface area contributed by atoms with Crippen molar-refractivity contribution in [3.8, 4) is 0 Å². The molecule has 1 aliphatic heterocycles. The molecule has 0 aliphatic carbocycles. The predicted octanol–water partition coefficient (Wildman–Crippen LogP) is 1.98. The molecule has 1 aromatic carbocycles. The average Bonchev–Trinajstić information content (AvgIpc) is 2.93. The maximum absolute atomic E-state index is 14.0. The van der Waals surface area contributed by atoms with Crippen LogP contribution in [0.4, 0.5) is 16.0 Å². The first-order valence-electron chi connectivity index (χ1n) is 12.4. The summed E-state index contributed by atoms with van der Waals surface area (Å²) < 4.78 is 14.0. The van der Waals surface area contributed by atoms with Gasteiger partial charge in [-0.25, -0.2) is 4.39 Å². The van der Waals surface area contributed by atoms with E-state index in [1.165, 1.54) is 30.3 Å². The normalized spacial score (nSPS) is 13.9. The Morgan fingerprint density at radius 2 is 1.84 bits per heavy atom. The molecule has 2 aromatic rings. The summed E-state index contributed by atoms with van der Waals surface area (Å²) in [6, 6.07) is 9.73. The minimum atomic E-state index is -0.813. The van der Waals surface area contributed by atoms with Crippen LogP contribution >= 0.6 is 0 Å². The van der Waals surface area contributed by atoms with Gasteiger partial charge in [-0.3, -0.25) is 14.4 Å². The Morgan fingerprint density at radius 3 is 2.53 bits per heavy atom. The van der Waals surface area contributed by atoms with Gasteiger partial charge in [-0.15, -0.1) is 0 Å². The van der Waals surface area contributed by atoms with Crippen LogP contribution in [0, 0.1) is 15.9 Å². The lowest BCUT2D eigenvalue weighted by molar-refractivity contribution is -0.389. The van der Waals surface area contributed by atoms with Crippen LogP contribution in [-0.2, 0) is 20.8 Å². The summed E-state index contributed by atoms with van der Waals surface area (Å²) in [6.07, 6.45) is 2.48. The summed E-state index contributed by atoms with van der Waals surface area (Å²) >= 11 is 0. The molecule has 1 saturated heterocycles. The Balaban J connectivity index is 1.61. The first-order chi connectivity index (χ1) is 18.3. The first kappa shape index (κ1) is 28.2. The summed E-state index contributed by atoms with van der Waals surface area (Å²) in [5.74, 6) is -1.28. The Bertz CT molecular complexity index is 1170. The molecule has 38 heavy (non-hydrogen) atoms. The number of hydrogen-bond acceptors (Lipinski definition) is 7. The first-order valence-corrected chi connectivity index (χ1v) is 12.4. The van der Waals surface area contributed by atoms with Crippen molar-refractivity contribution in [2.24, 2.45) is 0 Å². The number of pyridine rings is 1. The van der Waals surface area contributed by atoms with Gasteiger partial charge in [0.25, 0.3) is 0 Å². The highest BCUT2D eigenvalue weighted by Crippen LogP contribution is 2.18. The number of carbonyl (C=O) groups excluding carboxylic acids is 3. The zero-order chi connectivity index (χ0) is 27.5. The second-order valence-corrected chi connectivity index (χ2v) is 8.80. The van der Waals surface area contributed by atoms with E-state index in [9.17, 15) is 28.9 Å². The van der Waals surface area contributed by atoms with E-state index >= 15 is 0 Å². The highest BCUT2D eigenvalue weighted by atomic mass is 19.1. The fourth-order valence-electron chi connectivity index (χ4n) is 4.14. The average molecular weight is 527 g/mol. The van der Waals surface area contributed by atoms with Crippen molar-refractivity contribution in [3.63, 3.8) is 0 Å². The highest BCUT2D eigenvalue weighted by Gasteiger charge is 2.30. The Hall–Kier alpha value is -4.35. The quantitative estimate of drug-likeness (QED) is 0.187. The van der Waals surface area contributed by atoms with Crippen molar-refractivity contribution in [1.82, 2.24) is 20.5 Å². The number of benzene rings is 1. The molecule has 3 rings (SSSR count). The second kappa shape index (κ2) is 13.8. The Kier molecular flexibility index (Phi) is 10.3. The number of amides is 3. The lowest BCUT2D eigenvalue weighted by atomic mass is 10.1. The van der Waals surface area contributed by atoms with E-state index in [4.69, 9.17) is 0 Å². The van der Waals surface area contributed by atoms with Crippen LogP contribution in [0.25, 0.3) is 0 Å². The summed E-state index contributed by atoms with van der Waals surface area (Å²) in [6.45, 7) is 5.34. The smallest absolute Gasteiger partial charge is 0.358 e. The third-order valence-electron chi connectivity index (χ3n) is 6.17. The van der Waals surface area contributed by atoms with E-state index in [-0.39, 0.29) is 29.6 Å². The number of carbonyl (C=O) groups is 3. The minimum absolute atomic E-state index is 0.196. The number of halogens is 1. The van der Waals surface area contributed by atoms with E-state index < -0.39 is 22.7 Å². The van der Waals surface area contributed by atoms with Gasteiger partial charge in [-0.2, -0.15) is 0 Å². The van der Waals surface area contributed by atoms with Crippen LogP contribution in [-0.4, -0.2) is 71.3 Å². The van der Waals surface area contributed by atoms with E-state index in [1.54, 1.807) is 23.1 Å². The molecule has 202 valence electrons. The molecule has 12 heteroatoms. The zero-order valence-corrected chi connectivity index (χ0v) is 21.0. The van der Waals surface area contributed by atoms with Crippen molar-refractivity contribution in [2.75, 3.05) is 37.6 Å². The van der Waals surface area contributed by atoms with Gasteiger partial charge in [0.1, 0.15) is 11.9 Å². The van der Waals surface area contributed by atoms with E-state index in [0.29, 0.717) is 57.8 Å². The maximum atomic E-state index is 14.0. The van der Waals surface area contributed by atoms with Crippen LogP contribution in [0.5, 0.6) is 0 Å². The molecule has 0 bridgehead atoms. The predicted molar refractivity (Wildman–Crippen MR) is 139 cm³/mol. The van der Waals surface area contributed by atoms with Crippen molar-refractivity contribution >= 4 is 29.4 Å². The molecule has 3 amide bonds. The number of aromatic nitrogens is 1. The summed E-state index contributed by atoms with van der Waals surface area (Å²) in [7, 11) is 0. The number of nitrogens with one attached hydrogen (secondary N) is 2. The molecule has 2 N–H and O–H groups in total. The molecular formula is C26H31FN6O5. The highest BCUT2D eigenvalue weighted by molar-refractivity contribution is 5.88. The Morgan fingerprint density at radius 1 is 1.11 bits per heavy atom. The van der Waals surface area contributed by atoms with Crippen LogP contribution < -0.4 is 15.5 Å². The molecule has 11 nitrogen and oxygen atoms in total. The molecule has 0 unspecified atom stereocenters. The molecule has 0 saturated carbocycles. The number of unbranched alkanes of at least 4 members (excludes halogenated alkanes) is 1. The van der Waals surface area contributed by atoms with E-state index in [0.717, 1.165) is 0 Å². The summed E-state index contributed by atoms with van der Waals surface area (Å²) in [5, 5.41) is 16.5. The molecule has 2 heterocycles. The number of piperazine rings is 1. The van der Waals surface area contributed by atoms with Gasteiger partial charge in [-0.1, -0.05) is 24.8 Å². The number of hydrogen-bond donors (Lipinski definition) is 2. The monoisotopic (exact) mass is 526 g/mol. The van der Waals surface area contributed by atoms with Crippen LogP contribution in [0.15, 0.2) is 55.1 Å². The van der Waals surface area contributed by atoms with Crippen molar-refractivity contribution in [3.05, 3.63) is 76.6 Å². The lowest BCUT2D eigenvalue weighted by Gasteiger charge is -2.36. The van der Waals surface area contributed by atoms with Crippen molar-refractivity contribution in [2.45, 2.75) is 31.7 Å². The second-order valence-electron chi connectivity index (χ2n) is 8.80. The number of anilines is 1. The molecule has 1 atom stereocenters. The van der Waals surface area contributed by atoms with Gasteiger partial charge in [0.15, 0.2) is 0 Å². The number of nitrogens with zero attached hydrogens (tertiary/aromatic N) is 4. The van der Waals surface area contributed by atoms with E-state index in [2.05, 4.69) is 22.2 Å². The van der Waals surface area contributed by atoms with E-state index in [1.807, 2.05) is 4.90 Å².